The summed E-state index contributed by atoms with van der Waals surface area (Å²) in [5.41, 5.74) is 0. The molecule has 0 aromatic rings. The van der Waals surface area contributed by atoms with Crippen molar-refractivity contribution in [1.82, 2.24) is 5.32 Å². The van der Waals surface area contributed by atoms with Gasteiger partial charge in [0.2, 0.25) is 0 Å². The van der Waals surface area contributed by atoms with E-state index in [1.165, 1.54) is 0 Å². The summed E-state index contributed by atoms with van der Waals surface area (Å²) in [6.45, 7) is 2.56. The zero-order valence-electron chi connectivity index (χ0n) is 8.32. The highest BCUT2D eigenvalue weighted by Crippen LogP contribution is 1.88. The minimum atomic E-state index is -2.90. The molecule has 0 rings (SSSR count). The zero-order chi connectivity index (χ0) is 11.0. The van der Waals surface area contributed by atoms with Crippen molar-refractivity contribution in [1.29, 1.82) is 0 Å². The van der Waals surface area contributed by atoms with Crippen molar-refractivity contribution in [3.05, 3.63) is 0 Å². The van der Waals surface area contributed by atoms with E-state index in [4.69, 9.17) is 5.11 Å². The summed E-state index contributed by atoms with van der Waals surface area (Å²) in [4.78, 5) is 10.1. The molecule has 0 bridgehead atoms. The Morgan fingerprint density at radius 3 is 2.50 bits per heavy atom. The Morgan fingerprint density at radius 2 is 2.00 bits per heavy atom. The molecule has 6 heteroatoms. The molecule has 0 aliphatic carbocycles. The molecule has 0 aromatic carbocycles. The predicted octanol–water partition coefficient (Wildman–Crippen LogP) is -0.124. The van der Waals surface area contributed by atoms with Crippen LogP contribution in [-0.4, -0.2) is 44.1 Å². The standard InChI is InChI=1S/C8H17NO4S/c1-2-14(12,13)7-6-9-5-3-4-8(10)11/h9H,2-7H2,1H3,(H,10,11). The Kier molecular flexibility index (Phi) is 6.48. The summed E-state index contributed by atoms with van der Waals surface area (Å²) in [6.07, 6.45) is 0.648. The Bertz CT molecular complexity index is 261. The maximum atomic E-state index is 11.0. The second-order valence-electron chi connectivity index (χ2n) is 2.98. The van der Waals surface area contributed by atoms with Crippen molar-refractivity contribution in [2.24, 2.45) is 0 Å². The van der Waals surface area contributed by atoms with Crippen molar-refractivity contribution >= 4 is 15.8 Å². The molecule has 0 saturated carbocycles. The molecule has 84 valence electrons. The highest BCUT2D eigenvalue weighted by molar-refractivity contribution is 7.91. The van der Waals surface area contributed by atoms with Gasteiger partial charge in [-0.15, -0.1) is 0 Å². The van der Waals surface area contributed by atoms with E-state index in [0.717, 1.165) is 0 Å². The van der Waals surface area contributed by atoms with E-state index in [9.17, 15) is 13.2 Å². The first kappa shape index (κ1) is 13.4. The lowest BCUT2D eigenvalue weighted by molar-refractivity contribution is -0.137. The van der Waals surface area contributed by atoms with Gasteiger partial charge in [0.05, 0.1) is 5.75 Å². The van der Waals surface area contributed by atoms with Gasteiger partial charge in [0.1, 0.15) is 0 Å². The average Bonchev–Trinajstić information content (AvgIpc) is 2.10. The molecule has 5 nitrogen and oxygen atoms in total. The molecule has 0 saturated heterocycles. The molecule has 0 atom stereocenters. The lowest BCUT2D eigenvalue weighted by Gasteiger charge is -2.03. The van der Waals surface area contributed by atoms with E-state index in [0.29, 0.717) is 19.5 Å². The third-order valence-electron chi connectivity index (χ3n) is 1.77. The van der Waals surface area contributed by atoms with Gasteiger partial charge in [-0.3, -0.25) is 4.79 Å². The fraction of sp³-hybridized carbons (Fsp3) is 0.875. The van der Waals surface area contributed by atoms with Crippen LogP contribution in [0.3, 0.4) is 0 Å². The SMILES string of the molecule is CCS(=O)(=O)CCNCCCC(=O)O. The topological polar surface area (TPSA) is 83.5 Å². The van der Waals surface area contributed by atoms with Crippen LogP contribution in [0, 0.1) is 0 Å². The van der Waals surface area contributed by atoms with E-state index in [1.54, 1.807) is 6.92 Å². The van der Waals surface area contributed by atoms with Gasteiger partial charge in [-0.2, -0.15) is 0 Å². The molecule has 0 spiro atoms. The molecule has 14 heavy (non-hydrogen) atoms. The molecule has 0 heterocycles. The van der Waals surface area contributed by atoms with Crippen LogP contribution < -0.4 is 5.32 Å². The summed E-state index contributed by atoms with van der Waals surface area (Å²) in [5, 5.41) is 11.2. The maximum Gasteiger partial charge on any atom is 0.303 e. The number of carbonyl (C=O) groups is 1. The number of carboxylic acids is 1. The highest BCUT2D eigenvalue weighted by Gasteiger charge is 2.05. The Hall–Kier alpha value is -0.620. The summed E-state index contributed by atoms with van der Waals surface area (Å²) >= 11 is 0. The van der Waals surface area contributed by atoms with Gasteiger partial charge < -0.3 is 10.4 Å². The lowest BCUT2D eigenvalue weighted by atomic mass is 10.3. The van der Waals surface area contributed by atoms with Crippen LogP contribution in [0.5, 0.6) is 0 Å². The summed E-state index contributed by atoms with van der Waals surface area (Å²) in [6, 6.07) is 0. The Labute approximate surface area is 84.4 Å². The van der Waals surface area contributed by atoms with E-state index in [2.05, 4.69) is 5.32 Å². The Morgan fingerprint density at radius 1 is 1.36 bits per heavy atom. The molecule has 0 aliphatic rings. The van der Waals surface area contributed by atoms with Gasteiger partial charge in [0.25, 0.3) is 0 Å². The van der Waals surface area contributed by atoms with Crippen LogP contribution in [-0.2, 0) is 14.6 Å². The van der Waals surface area contributed by atoms with Gasteiger partial charge in [-0.1, -0.05) is 6.92 Å². The summed E-state index contributed by atoms with van der Waals surface area (Å²) in [5.74, 6) is -0.548. The van der Waals surface area contributed by atoms with E-state index >= 15 is 0 Å². The fourth-order valence-electron chi connectivity index (χ4n) is 0.862. The van der Waals surface area contributed by atoms with Crippen LogP contribution >= 0.6 is 0 Å². The minimum absolute atomic E-state index is 0.119. The summed E-state index contributed by atoms with van der Waals surface area (Å²) in [7, 11) is -2.90. The van der Waals surface area contributed by atoms with Gasteiger partial charge in [-0.25, -0.2) is 8.42 Å². The van der Waals surface area contributed by atoms with Crippen LogP contribution in [0.2, 0.25) is 0 Å². The lowest BCUT2D eigenvalue weighted by Crippen LogP contribution is -2.25. The number of carboxylic acid groups (broad SMARTS) is 1. The fourth-order valence-corrected chi connectivity index (χ4v) is 1.61. The maximum absolute atomic E-state index is 11.0. The summed E-state index contributed by atoms with van der Waals surface area (Å²) < 4.78 is 22.0. The number of sulfone groups is 1. The first-order valence-corrected chi connectivity index (χ1v) is 6.43. The first-order valence-electron chi connectivity index (χ1n) is 4.61. The molecular formula is C8H17NO4S. The van der Waals surface area contributed by atoms with E-state index < -0.39 is 15.8 Å². The van der Waals surface area contributed by atoms with Crippen molar-refractivity contribution in [3.63, 3.8) is 0 Å². The van der Waals surface area contributed by atoms with Gasteiger partial charge in [0.15, 0.2) is 9.84 Å². The monoisotopic (exact) mass is 223 g/mol. The van der Waals surface area contributed by atoms with Crippen molar-refractivity contribution in [2.75, 3.05) is 24.6 Å². The number of hydrogen-bond acceptors (Lipinski definition) is 4. The molecule has 2 N–H and O–H groups in total. The van der Waals surface area contributed by atoms with Crippen molar-refractivity contribution in [3.8, 4) is 0 Å². The number of rotatable bonds is 8. The van der Waals surface area contributed by atoms with Crippen molar-refractivity contribution in [2.45, 2.75) is 19.8 Å². The van der Waals surface area contributed by atoms with Gasteiger partial charge >= 0.3 is 5.97 Å². The van der Waals surface area contributed by atoms with E-state index in [-0.39, 0.29) is 17.9 Å². The van der Waals surface area contributed by atoms with Crippen LogP contribution in [0.25, 0.3) is 0 Å². The van der Waals surface area contributed by atoms with Gasteiger partial charge in [-0.05, 0) is 13.0 Å². The van der Waals surface area contributed by atoms with Gasteiger partial charge in [0, 0.05) is 18.7 Å². The molecule has 0 radical (unpaired) electrons. The highest BCUT2D eigenvalue weighted by atomic mass is 32.2. The molecule has 0 amide bonds. The molecule has 0 aliphatic heterocycles. The molecule has 0 unspecified atom stereocenters. The third kappa shape index (κ3) is 8.00. The van der Waals surface area contributed by atoms with E-state index in [1.807, 2.05) is 0 Å². The second-order valence-corrected chi connectivity index (χ2v) is 5.46. The smallest absolute Gasteiger partial charge is 0.303 e. The normalized spacial score (nSPS) is 11.5. The quantitative estimate of drug-likeness (QED) is 0.560. The van der Waals surface area contributed by atoms with Crippen LogP contribution in [0.4, 0.5) is 0 Å². The first-order chi connectivity index (χ1) is 6.48. The largest absolute Gasteiger partial charge is 0.481 e. The molecule has 0 aromatic heterocycles. The zero-order valence-corrected chi connectivity index (χ0v) is 9.14. The molecular weight excluding hydrogens is 206 g/mol. The number of nitrogens with one attached hydrogen (secondary N) is 1. The minimum Gasteiger partial charge on any atom is -0.481 e. The Balaban J connectivity index is 3.35. The third-order valence-corrected chi connectivity index (χ3v) is 3.48. The van der Waals surface area contributed by atoms with Crippen LogP contribution in [0.1, 0.15) is 19.8 Å². The average molecular weight is 223 g/mol. The number of hydrogen-bond donors (Lipinski definition) is 2. The second kappa shape index (κ2) is 6.78. The predicted molar refractivity (Wildman–Crippen MR) is 54.1 cm³/mol. The number of aliphatic carboxylic acids is 1. The van der Waals surface area contributed by atoms with Crippen molar-refractivity contribution < 1.29 is 18.3 Å². The van der Waals surface area contributed by atoms with Crippen LogP contribution in [0.15, 0.2) is 0 Å². The molecule has 0 fully saturated rings.